The van der Waals surface area contributed by atoms with E-state index in [4.69, 9.17) is 4.74 Å². The van der Waals surface area contributed by atoms with Crippen LogP contribution in [0, 0.1) is 23.7 Å². The minimum atomic E-state index is -0.792. The molecule has 4 fully saturated rings. The maximum Gasteiger partial charge on any atom is 0.320 e. The second kappa shape index (κ2) is 6.62. The van der Waals surface area contributed by atoms with Gasteiger partial charge in [-0.2, -0.15) is 0 Å². The first-order valence-electron chi connectivity index (χ1n) is 9.45. The van der Waals surface area contributed by atoms with E-state index in [-0.39, 0.29) is 36.4 Å². The van der Waals surface area contributed by atoms with Crippen LogP contribution in [0.2, 0.25) is 0 Å². The van der Waals surface area contributed by atoms with Gasteiger partial charge in [-0.25, -0.2) is 4.79 Å². The van der Waals surface area contributed by atoms with E-state index in [0.29, 0.717) is 32.6 Å². The number of carbonyl (C=O) groups is 2. The highest BCUT2D eigenvalue weighted by Crippen LogP contribution is 2.30. The average Bonchev–Trinajstić information content (AvgIpc) is 2.99. The lowest BCUT2D eigenvalue weighted by molar-refractivity contribution is -0.140. The van der Waals surface area contributed by atoms with Crippen molar-refractivity contribution in [3.8, 4) is 11.8 Å². The number of amides is 2. The Morgan fingerprint density at radius 1 is 1.20 bits per heavy atom. The molecular formula is C19H26N2O4. The van der Waals surface area contributed by atoms with Crippen molar-refractivity contribution in [2.75, 3.05) is 32.8 Å². The van der Waals surface area contributed by atoms with Gasteiger partial charge >= 0.3 is 6.03 Å². The molecule has 0 bridgehead atoms. The molecule has 1 saturated carbocycles. The van der Waals surface area contributed by atoms with E-state index in [9.17, 15) is 14.7 Å². The molecule has 2 amide bonds. The number of carbonyl (C=O) groups excluding carboxylic acids is 2. The molecule has 3 heterocycles. The number of aliphatic hydroxyl groups is 1. The summed E-state index contributed by atoms with van der Waals surface area (Å²) in [4.78, 5) is 27.9. The molecule has 0 aromatic heterocycles. The zero-order chi connectivity index (χ0) is 17.4. The maximum atomic E-state index is 12.6. The van der Waals surface area contributed by atoms with Gasteiger partial charge in [0.25, 0.3) is 0 Å². The third-order valence-corrected chi connectivity index (χ3v) is 5.97. The van der Waals surface area contributed by atoms with Gasteiger partial charge in [-0.15, -0.1) is 0 Å². The molecule has 3 saturated heterocycles. The summed E-state index contributed by atoms with van der Waals surface area (Å²) in [5.74, 6) is 6.66. The van der Waals surface area contributed by atoms with E-state index < -0.39 is 5.60 Å². The summed E-state index contributed by atoms with van der Waals surface area (Å²) in [5, 5.41) is 10.3. The predicted octanol–water partition coefficient (Wildman–Crippen LogP) is 1.03. The van der Waals surface area contributed by atoms with Crippen molar-refractivity contribution in [2.24, 2.45) is 11.8 Å². The summed E-state index contributed by atoms with van der Waals surface area (Å²) in [6, 6.07) is 0.0501. The van der Waals surface area contributed by atoms with Gasteiger partial charge in [0.1, 0.15) is 12.2 Å². The lowest BCUT2D eigenvalue weighted by Gasteiger charge is -2.45. The fourth-order valence-corrected chi connectivity index (χ4v) is 4.40. The largest absolute Gasteiger partial charge is 0.378 e. The van der Waals surface area contributed by atoms with E-state index in [1.54, 1.807) is 0 Å². The molecule has 6 nitrogen and oxygen atoms in total. The van der Waals surface area contributed by atoms with Gasteiger partial charge in [0.2, 0.25) is 0 Å². The zero-order valence-corrected chi connectivity index (χ0v) is 14.6. The molecule has 0 unspecified atom stereocenters. The van der Waals surface area contributed by atoms with Crippen molar-refractivity contribution in [3.05, 3.63) is 0 Å². The third kappa shape index (κ3) is 3.54. The summed E-state index contributed by atoms with van der Waals surface area (Å²) in [5.41, 5.74) is -0.792. The molecular weight excluding hydrogens is 320 g/mol. The normalized spacial score (nSPS) is 31.8. The average molecular weight is 346 g/mol. The first kappa shape index (κ1) is 16.9. The molecule has 0 aromatic rings. The molecule has 0 aromatic carbocycles. The fourth-order valence-electron chi connectivity index (χ4n) is 4.40. The standard InChI is InChI=1S/C19H26N2O4/c22-16-9-15-12-20(8-4-17(15)25-13-16)18(23)21-10-14(11-21)3-7-19(24)5-1-2-6-19/h14-15,17,24H,1-2,4-6,8-13H2/t15-,17+/m1/s1. The number of urea groups is 1. The molecule has 1 N–H and O–H groups in total. The van der Waals surface area contributed by atoms with Crippen LogP contribution in [0.15, 0.2) is 0 Å². The van der Waals surface area contributed by atoms with E-state index in [0.717, 1.165) is 32.1 Å². The lowest BCUT2D eigenvalue weighted by Crippen LogP contribution is -2.58. The van der Waals surface area contributed by atoms with Crippen LogP contribution in [0.4, 0.5) is 4.79 Å². The Morgan fingerprint density at radius 3 is 2.72 bits per heavy atom. The number of hydrogen-bond donors (Lipinski definition) is 1. The van der Waals surface area contributed by atoms with Crippen LogP contribution in [-0.2, 0) is 9.53 Å². The molecule has 136 valence electrons. The van der Waals surface area contributed by atoms with E-state index in [2.05, 4.69) is 11.8 Å². The van der Waals surface area contributed by atoms with Crippen LogP contribution < -0.4 is 0 Å². The van der Waals surface area contributed by atoms with Crippen molar-refractivity contribution in [3.63, 3.8) is 0 Å². The van der Waals surface area contributed by atoms with Gasteiger partial charge in [-0.1, -0.05) is 11.8 Å². The number of fused-ring (bicyclic) bond motifs is 1. The number of likely N-dealkylation sites (tertiary alicyclic amines) is 2. The minimum Gasteiger partial charge on any atom is -0.378 e. The van der Waals surface area contributed by atoms with E-state index in [1.807, 2.05) is 9.80 Å². The second-order valence-corrected chi connectivity index (χ2v) is 7.98. The van der Waals surface area contributed by atoms with Crippen LogP contribution in [0.25, 0.3) is 0 Å². The Balaban J connectivity index is 1.27. The Labute approximate surface area is 148 Å². The van der Waals surface area contributed by atoms with Gasteiger partial charge in [0, 0.05) is 38.5 Å². The quantitative estimate of drug-likeness (QED) is 0.665. The van der Waals surface area contributed by atoms with E-state index >= 15 is 0 Å². The summed E-state index contributed by atoms with van der Waals surface area (Å²) in [6.07, 6.45) is 5.10. The number of nitrogens with zero attached hydrogens (tertiary/aromatic N) is 2. The number of Topliss-reactive ketones (excluding diaryl/α,β-unsaturated/α-hetero) is 1. The summed E-state index contributed by atoms with van der Waals surface area (Å²) in [6.45, 7) is 2.82. The molecule has 0 radical (unpaired) electrons. The molecule has 1 aliphatic carbocycles. The minimum absolute atomic E-state index is 0.0501. The maximum absolute atomic E-state index is 12.6. The number of ether oxygens (including phenoxy) is 1. The van der Waals surface area contributed by atoms with Gasteiger partial charge in [-0.05, 0) is 32.1 Å². The molecule has 3 aliphatic heterocycles. The highest BCUT2D eigenvalue weighted by Gasteiger charge is 2.40. The third-order valence-electron chi connectivity index (χ3n) is 5.97. The highest BCUT2D eigenvalue weighted by molar-refractivity contribution is 5.81. The molecule has 25 heavy (non-hydrogen) atoms. The van der Waals surface area contributed by atoms with Crippen LogP contribution in [-0.4, -0.2) is 71.2 Å². The second-order valence-electron chi connectivity index (χ2n) is 7.98. The van der Waals surface area contributed by atoms with Crippen molar-refractivity contribution < 1.29 is 19.4 Å². The number of ketones is 1. The molecule has 4 rings (SSSR count). The van der Waals surface area contributed by atoms with Gasteiger partial charge in [0.15, 0.2) is 5.78 Å². The summed E-state index contributed by atoms with van der Waals surface area (Å²) >= 11 is 0. The Kier molecular flexibility index (Phi) is 4.47. The van der Waals surface area contributed by atoms with Crippen molar-refractivity contribution >= 4 is 11.8 Å². The summed E-state index contributed by atoms with van der Waals surface area (Å²) < 4.78 is 5.59. The lowest BCUT2D eigenvalue weighted by atomic mass is 9.88. The van der Waals surface area contributed by atoms with Gasteiger partial charge in [0.05, 0.1) is 12.0 Å². The fraction of sp³-hybridized carbons (Fsp3) is 0.789. The molecule has 4 aliphatic rings. The number of hydrogen-bond acceptors (Lipinski definition) is 4. The highest BCUT2D eigenvalue weighted by atomic mass is 16.5. The van der Waals surface area contributed by atoms with Crippen molar-refractivity contribution in [1.82, 2.24) is 9.80 Å². The summed E-state index contributed by atoms with van der Waals surface area (Å²) in [7, 11) is 0. The van der Waals surface area contributed by atoms with Gasteiger partial charge < -0.3 is 19.6 Å². The Morgan fingerprint density at radius 2 is 1.96 bits per heavy atom. The first-order chi connectivity index (χ1) is 12.0. The van der Waals surface area contributed by atoms with Crippen LogP contribution in [0.1, 0.15) is 38.5 Å². The SMILES string of the molecule is O=C1CO[C@H]2CCN(C(=O)N3CC(C#CC4(O)CCCC4)C3)C[C@H]2C1. The smallest absolute Gasteiger partial charge is 0.320 e. The Bertz CT molecular complexity index is 611. The van der Waals surface area contributed by atoms with Crippen LogP contribution >= 0.6 is 0 Å². The first-order valence-corrected chi connectivity index (χ1v) is 9.45. The van der Waals surface area contributed by atoms with Crippen LogP contribution in [0.5, 0.6) is 0 Å². The predicted molar refractivity (Wildman–Crippen MR) is 90.7 cm³/mol. The van der Waals surface area contributed by atoms with Crippen LogP contribution in [0.3, 0.4) is 0 Å². The topological polar surface area (TPSA) is 70.1 Å². The molecule has 0 spiro atoms. The number of piperidine rings is 1. The molecule has 6 heteroatoms. The Hall–Kier alpha value is -1.58. The van der Waals surface area contributed by atoms with E-state index in [1.165, 1.54) is 0 Å². The zero-order valence-electron chi connectivity index (χ0n) is 14.6. The number of rotatable bonds is 0. The molecule has 2 atom stereocenters. The monoisotopic (exact) mass is 346 g/mol. The van der Waals surface area contributed by atoms with Crippen molar-refractivity contribution in [2.45, 2.75) is 50.2 Å². The van der Waals surface area contributed by atoms with Gasteiger partial charge in [-0.3, -0.25) is 4.79 Å². The van der Waals surface area contributed by atoms with Crippen molar-refractivity contribution in [1.29, 1.82) is 0 Å².